The van der Waals surface area contributed by atoms with Gasteiger partial charge in [0, 0.05) is 13.1 Å². The van der Waals surface area contributed by atoms with Gasteiger partial charge in [-0.05, 0) is 19.8 Å². The van der Waals surface area contributed by atoms with E-state index in [9.17, 15) is 9.59 Å². The minimum Gasteiger partial charge on any atom is -0.375 e. The van der Waals surface area contributed by atoms with E-state index in [4.69, 9.17) is 5.73 Å². The van der Waals surface area contributed by atoms with Crippen LogP contribution in [0.3, 0.4) is 0 Å². The van der Waals surface area contributed by atoms with Crippen molar-refractivity contribution in [2.75, 3.05) is 18.8 Å². The molecule has 2 aliphatic heterocycles. The lowest BCUT2D eigenvalue weighted by Gasteiger charge is -2.35. The predicted molar refractivity (Wildman–Crippen MR) is 71.8 cm³/mol. The highest BCUT2D eigenvalue weighted by Crippen LogP contribution is 2.30. The van der Waals surface area contributed by atoms with Crippen LogP contribution in [-0.2, 0) is 4.79 Å². The largest absolute Gasteiger partial charge is 0.375 e. The summed E-state index contributed by atoms with van der Waals surface area (Å²) in [5.74, 6) is -0.0239. The van der Waals surface area contributed by atoms with Gasteiger partial charge in [0.1, 0.15) is 4.88 Å². The van der Waals surface area contributed by atoms with Gasteiger partial charge < -0.3 is 16.0 Å². The zero-order valence-corrected chi connectivity index (χ0v) is 11.5. The van der Waals surface area contributed by atoms with Crippen LogP contribution in [0.4, 0.5) is 5.13 Å². The summed E-state index contributed by atoms with van der Waals surface area (Å²) >= 11 is 1.22. The number of hydrogen-bond acceptors (Lipinski definition) is 5. The van der Waals surface area contributed by atoms with E-state index in [1.54, 1.807) is 6.92 Å². The summed E-state index contributed by atoms with van der Waals surface area (Å²) in [6.45, 7) is 3.05. The number of fused-ring (bicyclic) bond motifs is 1. The van der Waals surface area contributed by atoms with Gasteiger partial charge >= 0.3 is 0 Å². The molecule has 3 rings (SSSR count). The molecule has 7 heteroatoms. The maximum atomic E-state index is 12.6. The second kappa shape index (κ2) is 4.48. The number of anilines is 1. The van der Waals surface area contributed by atoms with Crippen LogP contribution < -0.4 is 11.1 Å². The topological polar surface area (TPSA) is 88.3 Å². The molecular formula is C12H16N4O2S. The maximum absolute atomic E-state index is 12.6. The number of amides is 2. The Labute approximate surface area is 115 Å². The van der Waals surface area contributed by atoms with Crippen LogP contribution in [0.2, 0.25) is 0 Å². The van der Waals surface area contributed by atoms with Crippen LogP contribution in [0.15, 0.2) is 0 Å². The molecule has 2 aliphatic rings. The minimum atomic E-state index is -0.0525. The van der Waals surface area contributed by atoms with Crippen molar-refractivity contribution in [2.24, 2.45) is 5.92 Å². The van der Waals surface area contributed by atoms with E-state index in [1.165, 1.54) is 11.3 Å². The van der Waals surface area contributed by atoms with Crippen LogP contribution in [0.1, 0.15) is 28.2 Å². The van der Waals surface area contributed by atoms with Gasteiger partial charge in [-0.2, -0.15) is 0 Å². The smallest absolute Gasteiger partial charge is 0.266 e. The molecule has 1 aromatic rings. The summed E-state index contributed by atoms with van der Waals surface area (Å²) < 4.78 is 0. The second-order valence-corrected chi connectivity index (χ2v) is 6.06. The molecule has 3 N–H and O–H groups in total. The lowest BCUT2D eigenvalue weighted by molar-refractivity contribution is -0.123. The first-order valence-electron chi connectivity index (χ1n) is 6.39. The number of thiazole rings is 1. The number of carbonyl (C=O) groups excluding carboxylic acids is 2. The predicted octanol–water partition coefficient (Wildman–Crippen LogP) is 0.384. The van der Waals surface area contributed by atoms with Crippen LogP contribution in [0.25, 0.3) is 0 Å². The maximum Gasteiger partial charge on any atom is 0.266 e. The van der Waals surface area contributed by atoms with Crippen molar-refractivity contribution < 1.29 is 9.59 Å². The molecule has 19 heavy (non-hydrogen) atoms. The van der Waals surface area contributed by atoms with Crippen LogP contribution in [0, 0.1) is 12.8 Å². The molecule has 3 heterocycles. The van der Waals surface area contributed by atoms with E-state index in [1.807, 2.05) is 4.90 Å². The zero-order chi connectivity index (χ0) is 13.6. The standard InChI is InChI=1S/C12H16N4O2S/c1-6-9(19-12(13)15-6)11(18)16-4-2-3-7-8(16)5-14-10(7)17/h7-8H,2-5H2,1H3,(H2,13,15)(H,14,17). The van der Waals surface area contributed by atoms with Gasteiger partial charge in [-0.3, -0.25) is 9.59 Å². The molecule has 0 aliphatic carbocycles. The molecule has 2 saturated heterocycles. The van der Waals surface area contributed by atoms with Gasteiger partial charge in [0.2, 0.25) is 5.91 Å². The Kier molecular flexibility index (Phi) is 2.93. The fourth-order valence-electron chi connectivity index (χ4n) is 2.95. The monoisotopic (exact) mass is 280 g/mol. The van der Waals surface area contributed by atoms with E-state index in [0.717, 1.165) is 12.8 Å². The van der Waals surface area contributed by atoms with E-state index < -0.39 is 0 Å². The first-order valence-corrected chi connectivity index (χ1v) is 7.21. The van der Waals surface area contributed by atoms with E-state index in [2.05, 4.69) is 10.3 Å². The number of hydrogen-bond donors (Lipinski definition) is 2. The number of nitrogens with one attached hydrogen (secondary N) is 1. The molecule has 2 unspecified atom stereocenters. The molecule has 2 fully saturated rings. The zero-order valence-electron chi connectivity index (χ0n) is 10.7. The van der Waals surface area contributed by atoms with Gasteiger partial charge in [0.15, 0.2) is 5.13 Å². The first-order chi connectivity index (χ1) is 9.08. The normalized spacial score (nSPS) is 26.2. The van der Waals surface area contributed by atoms with E-state index in [0.29, 0.717) is 28.8 Å². The van der Waals surface area contributed by atoms with E-state index >= 15 is 0 Å². The third-order valence-electron chi connectivity index (χ3n) is 3.87. The van der Waals surface area contributed by atoms with Gasteiger partial charge in [-0.15, -0.1) is 0 Å². The Morgan fingerprint density at radius 1 is 1.58 bits per heavy atom. The first kappa shape index (κ1) is 12.4. The number of aryl methyl sites for hydroxylation is 1. The Balaban J connectivity index is 1.87. The Morgan fingerprint density at radius 3 is 3.05 bits per heavy atom. The summed E-state index contributed by atoms with van der Waals surface area (Å²) in [4.78, 5) is 30.8. The van der Waals surface area contributed by atoms with Crippen LogP contribution >= 0.6 is 11.3 Å². The molecule has 0 saturated carbocycles. The molecule has 102 valence electrons. The molecule has 0 spiro atoms. The summed E-state index contributed by atoms with van der Waals surface area (Å²) in [6, 6.07) is -0.0172. The number of aromatic nitrogens is 1. The van der Waals surface area contributed by atoms with Crippen LogP contribution in [0.5, 0.6) is 0 Å². The number of nitrogens with two attached hydrogens (primary N) is 1. The quantitative estimate of drug-likeness (QED) is 0.778. The molecular weight excluding hydrogens is 264 g/mol. The average molecular weight is 280 g/mol. The lowest BCUT2D eigenvalue weighted by Crippen LogP contribution is -2.48. The summed E-state index contributed by atoms with van der Waals surface area (Å²) in [5.41, 5.74) is 6.32. The highest BCUT2D eigenvalue weighted by molar-refractivity contribution is 7.17. The fourth-order valence-corrected chi connectivity index (χ4v) is 3.74. The molecule has 0 bridgehead atoms. The highest BCUT2D eigenvalue weighted by Gasteiger charge is 2.43. The van der Waals surface area contributed by atoms with E-state index in [-0.39, 0.29) is 23.8 Å². The minimum absolute atomic E-state index is 0.0172. The van der Waals surface area contributed by atoms with Crippen LogP contribution in [-0.4, -0.2) is 40.8 Å². The number of carbonyl (C=O) groups is 2. The summed E-state index contributed by atoms with van der Waals surface area (Å²) in [5, 5.41) is 3.26. The Bertz CT molecular complexity index is 542. The van der Waals surface area contributed by atoms with Crippen molar-refractivity contribution in [3.63, 3.8) is 0 Å². The third kappa shape index (κ3) is 1.98. The molecule has 2 amide bonds. The molecule has 6 nitrogen and oxygen atoms in total. The molecule has 0 aromatic carbocycles. The third-order valence-corrected chi connectivity index (χ3v) is 4.84. The van der Waals surface area contributed by atoms with Crippen molar-refractivity contribution in [3.8, 4) is 0 Å². The lowest BCUT2D eigenvalue weighted by atomic mass is 9.91. The van der Waals surface area contributed by atoms with Gasteiger partial charge in [0.25, 0.3) is 5.91 Å². The molecule has 0 radical (unpaired) electrons. The molecule has 1 aromatic heterocycles. The van der Waals surface area contributed by atoms with Crippen molar-refractivity contribution in [1.29, 1.82) is 0 Å². The average Bonchev–Trinajstić information content (AvgIpc) is 2.92. The number of nitrogen functional groups attached to an aromatic ring is 1. The van der Waals surface area contributed by atoms with Crippen molar-refractivity contribution in [2.45, 2.75) is 25.8 Å². The fraction of sp³-hybridized carbons (Fsp3) is 0.583. The van der Waals surface area contributed by atoms with Gasteiger partial charge in [0.05, 0.1) is 17.7 Å². The Morgan fingerprint density at radius 2 is 2.37 bits per heavy atom. The second-order valence-electron chi connectivity index (χ2n) is 5.03. The van der Waals surface area contributed by atoms with Crippen molar-refractivity contribution in [3.05, 3.63) is 10.6 Å². The van der Waals surface area contributed by atoms with Crippen molar-refractivity contribution >= 4 is 28.3 Å². The van der Waals surface area contributed by atoms with Crippen molar-refractivity contribution in [1.82, 2.24) is 15.2 Å². The van der Waals surface area contributed by atoms with Gasteiger partial charge in [-0.1, -0.05) is 11.3 Å². The Hall–Kier alpha value is -1.63. The molecule has 2 atom stereocenters. The SMILES string of the molecule is Cc1nc(N)sc1C(=O)N1CCCC2C(=O)NCC21. The number of nitrogens with zero attached hydrogens (tertiary/aromatic N) is 2. The van der Waals surface area contributed by atoms with Gasteiger partial charge in [-0.25, -0.2) is 4.98 Å². The number of likely N-dealkylation sites (tertiary alicyclic amines) is 1. The summed E-state index contributed by atoms with van der Waals surface area (Å²) in [6.07, 6.45) is 1.73. The number of piperidine rings is 1. The highest BCUT2D eigenvalue weighted by atomic mass is 32.1. The number of rotatable bonds is 1. The summed E-state index contributed by atoms with van der Waals surface area (Å²) in [7, 11) is 0.